The predicted molar refractivity (Wildman–Crippen MR) is 157 cm³/mol. The first-order chi connectivity index (χ1) is 20.5. The molecule has 12 nitrogen and oxygen atoms in total. The molecule has 0 radical (unpaired) electrons. The standard InChI is InChI=1S/C30H49F2N5O7/c1-28(2,3)23(35-27(42)43)26(41)37-19-30(9-6-5-7-10-30)18-21(37)24(39)34-20(8-11-29(4,31)32)22(38)25(40)33-12-13-36-14-16-44-17-15-36/h20-21,23,35H,5-19H2,1-4H3,(H,33,40)(H,34,39)(H,42,43)/t20-,21-,23+/m0/s1. The molecular weight excluding hydrogens is 580 g/mol. The lowest BCUT2D eigenvalue weighted by atomic mass is 9.72. The van der Waals surface area contributed by atoms with E-state index in [9.17, 15) is 37.9 Å². The molecule has 3 aliphatic rings. The van der Waals surface area contributed by atoms with Gasteiger partial charge in [0.1, 0.15) is 12.1 Å². The topological polar surface area (TPSA) is 157 Å². The van der Waals surface area contributed by atoms with Gasteiger partial charge in [-0.3, -0.25) is 24.1 Å². The number of rotatable bonds is 12. The van der Waals surface area contributed by atoms with Crippen molar-refractivity contribution in [1.29, 1.82) is 0 Å². The van der Waals surface area contributed by atoms with Crippen LogP contribution in [0.25, 0.3) is 0 Å². The van der Waals surface area contributed by atoms with Crippen molar-refractivity contribution < 1.29 is 42.6 Å². The van der Waals surface area contributed by atoms with Crippen LogP contribution in [0.4, 0.5) is 13.6 Å². The highest BCUT2D eigenvalue weighted by molar-refractivity contribution is 6.38. The average molecular weight is 630 g/mol. The maximum absolute atomic E-state index is 13.9. The van der Waals surface area contributed by atoms with Crippen molar-refractivity contribution in [2.45, 2.75) is 103 Å². The SMILES string of the molecule is CC(F)(F)CC[C@H](NC(=O)[C@@H]1CC2(CCCCC2)CN1C(=O)[C@@H](NC(=O)O)C(C)(C)C)C(=O)C(=O)NCCN1CCOCC1. The molecule has 1 aliphatic carbocycles. The fraction of sp³-hybridized carbons (Fsp3) is 0.833. The fourth-order valence-electron chi connectivity index (χ4n) is 6.46. The summed E-state index contributed by atoms with van der Waals surface area (Å²) in [6.07, 6.45) is 2.14. The second-order valence-electron chi connectivity index (χ2n) is 13.7. The van der Waals surface area contributed by atoms with Crippen LogP contribution >= 0.6 is 0 Å². The van der Waals surface area contributed by atoms with Gasteiger partial charge in [0.2, 0.25) is 23.5 Å². The van der Waals surface area contributed by atoms with Gasteiger partial charge in [0.05, 0.1) is 19.3 Å². The molecule has 3 rings (SSSR count). The van der Waals surface area contributed by atoms with Gasteiger partial charge in [-0.1, -0.05) is 40.0 Å². The van der Waals surface area contributed by atoms with Gasteiger partial charge in [0.25, 0.3) is 5.91 Å². The Morgan fingerprint density at radius 3 is 2.20 bits per heavy atom. The summed E-state index contributed by atoms with van der Waals surface area (Å²) in [6.45, 7) is 9.22. The van der Waals surface area contributed by atoms with E-state index < -0.39 is 71.9 Å². The number of carbonyl (C=O) groups is 5. The van der Waals surface area contributed by atoms with Crippen LogP contribution in [-0.4, -0.2) is 114 Å². The Bertz CT molecular complexity index is 1050. The van der Waals surface area contributed by atoms with Gasteiger partial charge in [-0.2, -0.15) is 0 Å². The van der Waals surface area contributed by atoms with Gasteiger partial charge < -0.3 is 30.7 Å². The number of Topliss-reactive ketones (excluding diaryl/α,β-unsaturated/α-hetero) is 1. The van der Waals surface area contributed by atoms with Gasteiger partial charge in [0, 0.05) is 39.1 Å². The number of nitrogens with zero attached hydrogens (tertiary/aromatic N) is 2. The Labute approximate surface area is 258 Å². The smallest absolute Gasteiger partial charge is 0.405 e. The molecule has 2 saturated heterocycles. The van der Waals surface area contributed by atoms with Crippen molar-refractivity contribution in [3.05, 3.63) is 0 Å². The van der Waals surface area contributed by atoms with E-state index in [0.717, 1.165) is 32.1 Å². The molecule has 4 amide bonds. The number of halogens is 2. The summed E-state index contributed by atoms with van der Waals surface area (Å²) in [5, 5.41) is 16.8. The van der Waals surface area contributed by atoms with E-state index in [0.29, 0.717) is 46.2 Å². The van der Waals surface area contributed by atoms with E-state index in [-0.39, 0.29) is 18.5 Å². The molecule has 0 aromatic heterocycles. The summed E-state index contributed by atoms with van der Waals surface area (Å²) < 4.78 is 33.0. The first-order valence-corrected chi connectivity index (χ1v) is 15.6. The molecule has 2 heterocycles. The van der Waals surface area contributed by atoms with Crippen molar-refractivity contribution in [3.63, 3.8) is 0 Å². The summed E-state index contributed by atoms with van der Waals surface area (Å²) in [7, 11) is 0. The first kappa shape index (κ1) is 35.6. The monoisotopic (exact) mass is 629 g/mol. The highest BCUT2D eigenvalue weighted by atomic mass is 19.3. The van der Waals surface area contributed by atoms with Crippen LogP contribution in [0.3, 0.4) is 0 Å². The Morgan fingerprint density at radius 2 is 1.64 bits per heavy atom. The van der Waals surface area contributed by atoms with Gasteiger partial charge >= 0.3 is 6.09 Å². The predicted octanol–water partition coefficient (Wildman–Crippen LogP) is 2.16. The molecule has 1 spiro atoms. The van der Waals surface area contributed by atoms with Crippen LogP contribution in [0.1, 0.15) is 79.1 Å². The Kier molecular flexibility index (Phi) is 12.1. The van der Waals surface area contributed by atoms with E-state index in [1.165, 1.54) is 4.90 Å². The van der Waals surface area contributed by atoms with Crippen LogP contribution in [0.5, 0.6) is 0 Å². The summed E-state index contributed by atoms with van der Waals surface area (Å²) in [5.74, 6) is -6.44. The van der Waals surface area contributed by atoms with Gasteiger partial charge in [-0.25, -0.2) is 13.6 Å². The number of hydrogen-bond donors (Lipinski definition) is 4. The van der Waals surface area contributed by atoms with Crippen LogP contribution in [-0.2, 0) is 23.9 Å². The summed E-state index contributed by atoms with van der Waals surface area (Å²) in [4.78, 5) is 68.7. The van der Waals surface area contributed by atoms with E-state index in [2.05, 4.69) is 20.9 Å². The number of alkyl halides is 2. The minimum atomic E-state index is -3.14. The zero-order valence-electron chi connectivity index (χ0n) is 26.4. The van der Waals surface area contributed by atoms with Gasteiger partial charge in [0.15, 0.2) is 0 Å². The molecule has 3 fully saturated rings. The van der Waals surface area contributed by atoms with E-state index in [1.807, 2.05) is 0 Å². The highest BCUT2D eigenvalue weighted by Crippen LogP contribution is 2.47. The second-order valence-corrected chi connectivity index (χ2v) is 13.7. The molecule has 4 N–H and O–H groups in total. The molecular formula is C30H49F2N5O7. The molecule has 14 heteroatoms. The molecule has 0 aromatic rings. The molecule has 250 valence electrons. The van der Waals surface area contributed by atoms with Crippen molar-refractivity contribution in [2.75, 3.05) is 45.9 Å². The first-order valence-electron chi connectivity index (χ1n) is 15.6. The maximum Gasteiger partial charge on any atom is 0.405 e. The van der Waals surface area contributed by atoms with Crippen LogP contribution in [0, 0.1) is 10.8 Å². The Hall–Kier alpha value is -2.87. The lowest BCUT2D eigenvalue weighted by Gasteiger charge is -2.36. The van der Waals surface area contributed by atoms with Crippen LogP contribution < -0.4 is 16.0 Å². The molecule has 0 bridgehead atoms. The minimum Gasteiger partial charge on any atom is -0.465 e. The van der Waals surface area contributed by atoms with Crippen LogP contribution in [0.2, 0.25) is 0 Å². The molecule has 44 heavy (non-hydrogen) atoms. The zero-order valence-corrected chi connectivity index (χ0v) is 26.4. The Balaban J connectivity index is 1.79. The zero-order chi connectivity index (χ0) is 32.7. The number of amides is 4. The number of ether oxygens (including phenoxy) is 1. The number of likely N-dealkylation sites (tertiary alicyclic amines) is 1. The lowest BCUT2D eigenvalue weighted by Crippen LogP contribution is -2.59. The number of hydrogen-bond acceptors (Lipinski definition) is 7. The fourth-order valence-corrected chi connectivity index (χ4v) is 6.46. The molecule has 3 atom stereocenters. The average Bonchev–Trinajstić information content (AvgIpc) is 3.31. The molecule has 0 unspecified atom stereocenters. The van der Waals surface area contributed by atoms with Crippen molar-refractivity contribution in [2.24, 2.45) is 10.8 Å². The van der Waals surface area contributed by atoms with Crippen molar-refractivity contribution >= 4 is 29.6 Å². The van der Waals surface area contributed by atoms with E-state index in [4.69, 9.17) is 4.74 Å². The third kappa shape index (κ3) is 10.1. The van der Waals surface area contributed by atoms with Crippen LogP contribution in [0.15, 0.2) is 0 Å². The summed E-state index contributed by atoms with van der Waals surface area (Å²) in [5.41, 5.74) is -1.17. The quantitative estimate of drug-likeness (QED) is 0.239. The third-order valence-corrected chi connectivity index (χ3v) is 8.94. The second kappa shape index (κ2) is 14.9. The van der Waals surface area contributed by atoms with Crippen molar-refractivity contribution in [3.8, 4) is 0 Å². The molecule has 2 aliphatic heterocycles. The number of nitrogens with one attached hydrogen (secondary N) is 3. The maximum atomic E-state index is 13.9. The number of carboxylic acid groups (broad SMARTS) is 1. The normalized spacial score (nSPS) is 22.2. The summed E-state index contributed by atoms with van der Waals surface area (Å²) >= 11 is 0. The van der Waals surface area contributed by atoms with E-state index >= 15 is 0 Å². The number of carbonyl (C=O) groups excluding carboxylic acids is 4. The number of morpholine rings is 1. The largest absolute Gasteiger partial charge is 0.465 e. The molecule has 1 saturated carbocycles. The van der Waals surface area contributed by atoms with Gasteiger partial charge in [-0.05, 0) is 43.4 Å². The van der Waals surface area contributed by atoms with E-state index in [1.54, 1.807) is 20.8 Å². The van der Waals surface area contributed by atoms with Gasteiger partial charge in [-0.15, -0.1) is 0 Å². The molecule has 0 aromatic carbocycles. The third-order valence-electron chi connectivity index (χ3n) is 8.94. The Morgan fingerprint density at radius 1 is 1.00 bits per heavy atom. The highest BCUT2D eigenvalue weighted by Gasteiger charge is 2.51. The number of ketones is 1. The summed E-state index contributed by atoms with van der Waals surface area (Å²) in [6, 6.07) is -3.72. The van der Waals surface area contributed by atoms with Crippen molar-refractivity contribution in [1.82, 2.24) is 25.8 Å². The lowest BCUT2D eigenvalue weighted by molar-refractivity contribution is -0.144. The minimum absolute atomic E-state index is 0.160.